The molecule has 1 aromatic rings. The van der Waals surface area contributed by atoms with Crippen LogP contribution in [0, 0.1) is 16.0 Å². The summed E-state index contributed by atoms with van der Waals surface area (Å²) in [6.07, 6.45) is 0.681. The number of carbonyl (C=O) groups excluding carboxylic acids is 1. The van der Waals surface area contributed by atoms with Gasteiger partial charge < -0.3 is 15.7 Å². The van der Waals surface area contributed by atoms with Crippen molar-refractivity contribution in [1.82, 2.24) is 0 Å². The largest absolute Gasteiger partial charge is 0.391 e. The van der Waals surface area contributed by atoms with Crippen molar-refractivity contribution in [2.75, 3.05) is 18.0 Å². The number of nitrogens with zero attached hydrogens (tertiary/aromatic N) is 2. The Bertz CT molecular complexity index is 518. The molecule has 0 aliphatic carbocycles. The SMILES string of the molecule is NC(=O)C1CCN(c2ccc([N+](=O)[O-])c(CO)c2)C1. The second-order valence-corrected chi connectivity index (χ2v) is 4.56. The first-order chi connectivity index (χ1) is 9.02. The number of aliphatic hydroxyl groups is 1. The summed E-state index contributed by atoms with van der Waals surface area (Å²) in [4.78, 5) is 23.3. The van der Waals surface area contributed by atoms with Gasteiger partial charge in [-0.15, -0.1) is 0 Å². The lowest BCUT2D eigenvalue weighted by Crippen LogP contribution is -2.27. The zero-order chi connectivity index (χ0) is 14.0. The van der Waals surface area contributed by atoms with Gasteiger partial charge in [0.15, 0.2) is 0 Å². The molecule has 102 valence electrons. The van der Waals surface area contributed by atoms with E-state index in [1.54, 1.807) is 12.1 Å². The molecule has 19 heavy (non-hydrogen) atoms. The fourth-order valence-electron chi connectivity index (χ4n) is 2.30. The van der Waals surface area contributed by atoms with Crippen molar-refractivity contribution in [2.24, 2.45) is 11.7 Å². The summed E-state index contributed by atoms with van der Waals surface area (Å²) in [6.45, 7) is 0.797. The summed E-state index contributed by atoms with van der Waals surface area (Å²) in [5, 5.41) is 20.0. The maximum absolute atomic E-state index is 11.1. The Kier molecular flexibility index (Phi) is 3.66. The van der Waals surface area contributed by atoms with Gasteiger partial charge in [0.1, 0.15) is 0 Å². The van der Waals surface area contributed by atoms with Crippen LogP contribution in [0.3, 0.4) is 0 Å². The first kappa shape index (κ1) is 13.3. The zero-order valence-electron chi connectivity index (χ0n) is 10.3. The van der Waals surface area contributed by atoms with Gasteiger partial charge in [-0.05, 0) is 18.6 Å². The molecular formula is C12H15N3O4. The molecule has 1 aromatic carbocycles. The molecule has 1 heterocycles. The van der Waals surface area contributed by atoms with Crippen LogP contribution in [0.4, 0.5) is 11.4 Å². The molecular weight excluding hydrogens is 250 g/mol. The lowest BCUT2D eigenvalue weighted by molar-refractivity contribution is -0.385. The zero-order valence-corrected chi connectivity index (χ0v) is 10.3. The van der Waals surface area contributed by atoms with E-state index in [2.05, 4.69) is 0 Å². The number of hydrogen-bond donors (Lipinski definition) is 2. The summed E-state index contributed by atoms with van der Waals surface area (Å²) in [6, 6.07) is 4.58. The Hall–Kier alpha value is -2.15. The van der Waals surface area contributed by atoms with Crippen LogP contribution in [0.1, 0.15) is 12.0 Å². The second-order valence-electron chi connectivity index (χ2n) is 4.56. The Morgan fingerprint density at radius 2 is 2.32 bits per heavy atom. The Balaban J connectivity index is 2.23. The molecule has 1 fully saturated rings. The van der Waals surface area contributed by atoms with E-state index in [-0.39, 0.29) is 23.1 Å². The van der Waals surface area contributed by atoms with Crippen LogP contribution in [0.25, 0.3) is 0 Å². The topological polar surface area (TPSA) is 110 Å². The number of amides is 1. The highest BCUT2D eigenvalue weighted by molar-refractivity contribution is 5.78. The van der Waals surface area contributed by atoms with Crippen molar-refractivity contribution in [3.8, 4) is 0 Å². The summed E-state index contributed by atoms with van der Waals surface area (Å²) < 4.78 is 0. The smallest absolute Gasteiger partial charge is 0.275 e. The molecule has 7 heteroatoms. The van der Waals surface area contributed by atoms with Crippen molar-refractivity contribution in [3.05, 3.63) is 33.9 Å². The number of benzene rings is 1. The number of aliphatic hydroxyl groups excluding tert-OH is 1. The maximum atomic E-state index is 11.1. The highest BCUT2D eigenvalue weighted by atomic mass is 16.6. The number of nitro groups is 1. The third-order valence-electron chi connectivity index (χ3n) is 3.39. The predicted octanol–water partition coefficient (Wildman–Crippen LogP) is 0.399. The highest BCUT2D eigenvalue weighted by Gasteiger charge is 2.27. The van der Waals surface area contributed by atoms with E-state index < -0.39 is 11.5 Å². The normalized spacial score (nSPS) is 18.6. The average Bonchev–Trinajstić information content (AvgIpc) is 2.87. The van der Waals surface area contributed by atoms with Gasteiger partial charge in [-0.25, -0.2) is 0 Å². The van der Waals surface area contributed by atoms with Crippen LogP contribution < -0.4 is 10.6 Å². The Morgan fingerprint density at radius 3 is 2.84 bits per heavy atom. The maximum Gasteiger partial charge on any atom is 0.275 e. The van der Waals surface area contributed by atoms with E-state index in [1.807, 2.05) is 4.90 Å². The van der Waals surface area contributed by atoms with Gasteiger partial charge in [0.05, 0.1) is 23.0 Å². The van der Waals surface area contributed by atoms with Crippen molar-refractivity contribution < 1.29 is 14.8 Å². The molecule has 1 amide bonds. The van der Waals surface area contributed by atoms with Gasteiger partial charge in [0.2, 0.25) is 5.91 Å². The molecule has 0 spiro atoms. The number of carbonyl (C=O) groups is 1. The Morgan fingerprint density at radius 1 is 1.58 bits per heavy atom. The summed E-state index contributed by atoms with van der Waals surface area (Å²) in [5.41, 5.74) is 6.19. The van der Waals surface area contributed by atoms with Crippen LogP contribution >= 0.6 is 0 Å². The van der Waals surface area contributed by atoms with Crippen molar-refractivity contribution in [1.29, 1.82) is 0 Å². The van der Waals surface area contributed by atoms with E-state index in [1.165, 1.54) is 6.07 Å². The predicted molar refractivity (Wildman–Crippen MR) is 68.5 cm³/mol. The second kappa shape index (κ2) is 5.23. The molecule has 0 saturated carbocycles. The summed E-state index contributed by atoms with van der Waals surface area (Å²) in [5.74, 6) is -0.514. The molecule has 1 atom stereocenters. The third kappa shape index (κ3) is 2.65. The molecule has 3 N–H and O–H groups in total. The number of nitro benzene ring substituents is 1. The molecule has 7 nitrogen and oxygen atoms in total. The summed E-state index contributed by atoms with van der Waals surface area (Å²) in [7, 11) is 0. The fraction of sp³-hybridized carbons (Fsp3) is 0.417. The molecule has 0 aromatic heterocycles. The van der Waals surface area contributed by atoms with Crippen molar-refractivity contribution in [3.63, 3.8) is 0 Å². The van der Waals surface area contributed by atoms with Gasteiger partial charge >= 0.3 is 0 Å². The van der Waals surface area contributed by atoms with E-state index in [4.69, 9.17) is 5.73 Å². The van der Waals surface area contributed by atoms with Gasteiger partial charge in [-0.1, -0.05) is 0 Å². The lowest BCUT2D eigenvalue weighted by atomic mass is 10.1. The van der Waals surface area contributed by atoms with Crippen molar-refractivity contribution >= 4 is 17.3 Å². The third-order valence-corrected chi connectivity index (χ3v) is 3.39. The monoisotopic (exact) mass is 265 g/mol. The van der Waals surface area contributed by atoms with Crippen LogP contribution in [-0.2, 0) is 11.4 Å². The minimum Gasteiger partial charge on any atom is -0.391 e. The van der Waals surface area contributed by atoms with E-state index in [0.29, 0.717) is 19.5 Å². The van der Waals surface area contributed by atoms with Gasteiger partial charge in [-0.3, -0.25) is 14.9 Å². The molecule has 1 aliphatic rings. The van der Waals surface area contributed by atoms with Gasteiger partial charge in [0, 0.05) is 24.8 Å². The van der Waals surface area contributed by atoms with Crippen LogP contribution in [-0.4, -0.2) is 29.0 Å². The number of nitrogens with two attached hydrogens (primary N) is 1. The van der Waals surface area contributed by atoms with Crippen LogP contribution in [0.5, 0.6) is 0 Å². The van der Waals surface area contributed by atoms with Gasteiger partial charge in [0.25, 0.3) is 5.69 Å². The van der Waals surface area contributed by atoms with Crippen LogP contribution in [0.15, 0.2) is 18.2 Å². The number of primary amides is 1. The quantitative estimate of drug-likeness (QED) is 0.604. The number of hydrogen-bond acceptors (Lipinski definition) is 5. The molecule has 0 radical (unpaired) electrons. The first-order valence-electron chi connectivity index (χ1n) is 5.95. The fourth-order valence-corrected chi connectivity index (χ4v) is 2.30. The Labute approximate surface area is 109 Å². The van der Waals surface area contributed by atoms with Crippen LogP contribution in [0.2, 0.25) is 0 Å². The lowest BCUT2D eigenvalue weighted by Gasteiger charge is -2.18. The highest BCUT2D eigenvalue weighted by Crippen LogP contribution is 2.28. The first-order valence-corrected chi connectivity index (χ1v) is 5.95. The summed E-state index contributed by atoms with van der Waals surface area (Å²) >= 11 is 0. The minimum absolute atomic E-state index is 0.100. The number of rotatable bonds is 4. The molecule has 1 aliphatic heterocycles. The van der Waals surface area contributed by atoms with Crippen molar-refractivity contribution in [2.45, 2.75) is 13.0 Å². The molecule has 1 unspecified atom stereocenters. The van der Waals surface area contributed by atoms with E-state index in [9.17, 15) is 20.0 Å². The van der Waals surface area contributed by atoms with E-state index in [0.717, 1.165) is 5.69 Å². The number of anilines is 1. The average molecular weight is 265 g/mol. The molecule has 1 saturated heterocycles. The standard InChI is InChI=1S/C12H15N3O4/c13-12(17)8-3-4-14(6-8)10-1-2-11(15(18)19)9(5-10)7-16/h1-2,5,8,16H,3-4,6-7H2,(H2,13,17). The minimum atomic E-state index is -0.522. The molecule has 0 bridgehead atoms. The molecule has 2 rings (SSSR count). The van der Waals surface area contributed by atoms with Gasteiger partial charge in [-0.2, -0.15) is 0 Å². The van der Waals surface area contributed by atoms with E-state index >= 15 is 0 Å².